The molecular weight excluding hydrogens is 394 g/mol. The Bertz CT molecular complexity index is 1130. The number of hydrogen-bond acceptors (Lipinski definition) is 3. The number of nitrogens with zero attached hydrogens (tertiary/aromatic N) is 1. The third-order valence-electron chi connectivity index (χ3n) is 4.65. The lowest BCUT2D eigenvalue weighted by atomic mass is 9.88. The van der Waals surface area contributed by atoms with Crippen molar-refractivity contribution in [1.82, 2.24) is 4.90 Å². The van der Waals surface area contributed by atoms with E-state index in [0.717, 1.165) is 27.8 Å². The zero-order valence-corrected chi connectivity index (χ0v) is 17.3. The lowest BCUT2D eigenvalue weighted by molar-refractivity contribution is 0.261. The minimum Gasteiger partial charge on any atom is -0.508 e. The van der Waals surface area contributed by atoms with E-state index in [1.807, 2.05) is 54.6 Å². The zero-order chi connectivity index (χ0) is 26.3. The molecule has 0 amide bonds. The van der Waals surface area contributed by atoms with Crippen molar-refractivity contribution in [3.63, 3.8) is 0 Å². The first kappa shape index (κ1) is 15.1. The lowest BCUT2D eigenvalue weighted by Gasteiger charge is -2.17. The van der Waals surface area contributed by atoms with Gasteiger partial charge in [0.1, 0.15) is 18.1 Å². The van der Waals surface area contributed by atoms with Crippen LogP contribution in [0.15, 0.2) is 78.9 Å². The summed E-state index contributed by atoms with van der Waals surface area (Å²) in [4.78, 5) is 0.473. The fourth-order valence-electron chi connectivity index (χ4n) is 3.26. The minimum atomic E-state index is -2.75. The highest BCUT2D eigenvalue weighted by atomic mass is 35.5. The van der Waals surface area contributed by atoms with Crippen molar-refractivity contribution in [3.8, 4) is 11.5 Å². The molecule has 0 aromatic heterocycles. The summed E-state index contributed by atoms with van der Waals surface area (Å²) in [6.45, 7) is -5.87. The van der Waals surface area contributed by atoms with Gasteiger partial charge in [0, 0.05) is 20.6 Å². The first-order valence-corrected chi connectivity index (χ1v) is 10.2. The minimum absolute atomic E-state index is 0.0947. The maximum absolute atomic E-state index is 9.74. The summed E-state index contributed by atoms with van der Waals surface area (Å²) in [6.07, 6.45) is 0.606. The molecule has 4 heteroatoms. The summed E-state index contributed by atoms with van der Waals surface area (Å²) < 4.78 is 50.4. The number of rotatable bonds is 9. The van der Waals surface area contributed by atoms with Gasteiger partial charge in [0.15, 0.2) is 0 Å². The van der Waals surface area contributed by atoms with Gasteiger partial charge in [-0.3, -0.25) is 0 Å². The number of aromatic hydroxyl groups is 1. The average Bonchev–Trinajstić information content (AvgIpc) is 2.82. The van der Waals surface area contributed by atoms with Crippen molar-refractivity contribution in [1.29, 1.82) is 0 Å². The average molecular weight is 428 g/mol. The number of halogens is 1. The Morgan fingerprint density at radius 3 is 2.17 bits per heavy atom. The van der Waals surface area contributed by atoms with Gasteiger partial charge in [0.2, 0.25) is 0 Å². The summed E-state index contributed by atoms with van der Waals surface area (Å²) in [5, 5.41) is 9.74. The molecule has 0 spiro atoms. The van der Waals surface area contributed by atoms with Gasteiger partial charge < -0.3 is 14.7 Å². The molecule has 30 heavy (non-hydrogen) atoms. The first-order valence-electron chi connectivity index (χ1n) is 12.7. The van der Waals surface area contributed by atoms with Gasteiger partial charge in [-0.25, -0.2) is 0 Å². The highest BCUT2D eigenvalue weighted by Crippen LogP contribution is 2.35. The molecule has 0 saturated carbocycles. The van der Waals surface area contributed by atoms with Crippen molar-refractivity contribution in [2.75, 3.05) is 33.0 Å². The predicted octanol–water partition coefficient (Wildman–Crippen LogP) is 5.92. The van der Waals surface area contributed by atoms with Crippen LogP contribution in [0.3, 0.4) is 0 Å². The second-order valence-electron chi connectivity index (χ2n) is 6.73. The van der Waals surface area contributed by atoms with E-state index in [4.69, 9.17) is 24.6 Å². The molecule has 0 radical (unpaired) electrons. The quantitative estimate of drug-likeness (QED) is 0.340. The van der Waals surface area contributed by atoms with Crippen LogP contribution in [-0.2, 0) is 0 Å². The van der Waals surface area contributed by atoms with Crippen LogP contribution in [0.1, 0.15) is 31.3 Å². The number of ether oxygens (including phenoxy) is 1. The van der Waals surface area contributed by atoms with E-state index in [0.29, 0.717) is 23.0 Å². The highest BCUT2D eigenvalue weighted by molar-refractivity contribution is 6.18. The maximum Gasteiger partial charge on any atom is 0.119 e. The molecule has 0 unspecified atom stereocenters. The Kier molecular flexibility index (Phi) is 5.47. The summed E-state index contributed by atoms with van der Waals surface area (Å²) >= 11 is 6.18. The van der Waals surface area contributed by atoms with Crippen LogP contribution in [0.25, 0.3) is 11.1 Å². The van der Waals surface area contributed by atoms with E-state index in [1.165, 1.54) is 0 Å². The van der Waals surface area contributed by atoms with E-state index in [9.17, 15) is 5.11 Å². The number of phenols is 1. The molecule has 0 saturated heterocycles. The van der Waals surface area contributed by atoms with Crippen molar-refractivity contribution < 1.29 is 18.1 Å². The predicted molar refractivity (Wildman–Crippen MR) is 126 cm³/mol. The smallest absolute Gasteiger partial charge is 0.119 e. The standard InChI is InChI=1S/C26H28ClNO2/c1-28(2)18-19-30-24-14-10-22(11-15-24)26(21-6-4-3-5-7-21)25(16-17-27)20-8-12-23(29)13-9-20/h3-15,29H,16-19H2,1-2H3/b26-25-/i1D3,2D3. The van der Waals surface area contributed by atoms with Crippen molar-refractivity contribution >= 4 is 22.7 Å². The Labute approximate surface area is 192 Å². The number of phenolic OH excluding ortho intramolecular Hbond substituents is 1. The van der Waals surface area contributed by atoms with Gasteiger partial charge in [-0.1, -0.05) is 54.6 Å². The molecule has 3 nitrogen and oxygen atoms in total. The third-order valence-corrected chi connectivity index (χ3v) is 4.84. The SMILES string of the molecule is [2H]C([2H])([2H])N(CCOc1ccc(/C(=C(/CCCl)c2ccc(O)cc2)c2ccccc2)cc1)C([2H])([2H])[2H]. The molecule has 0 aliphatic rings. The van der Waals surface area contributed by atoms with Crippen LogP contribution in [0.2, 0.25) is 0 Å². The number of hydrogen-bond donors (Lipinski definition) is 1. The van der Waals surface area contributed by atoms with Crippen LogP contribution in [0.4, 0.5) is 0 Å². The molecule has 0 bridgehead atoms. The van der Waals surface area contributed by atoms with Crippen molar-refractivity contribution in [2.45, 2.75) is 6.42 Å². The second-order valence-corrected chi connectivity index (χ2v) is 7.11. The van der Waals surface area contributed by atoms with Gasteiger partial charge in [0.25, 0.3) is 0 Å². The number of likely N-dealkylation sites (N-methyl/N-ethyl adjacent to an activating group) is 1. The molecule has 0 aliphatic heterocycles. The molecule has 0 fully saturated rings. The van der Waals surface area contributed by atoms with Crippen LogP contribution >= 0.6 is 11.6 Å². The molecule has 1 N–H and O–H groups in total. The molecule has 3 aromatic rings. The zero-order valence-electron chi connectivity index (χ0n) is 22.5. The number of benzene rings is 3. The monoisotopic (exact) mass is 427 g/mol. The van der Waals surface area contributed by atoms with E-state index in [1.54, 1.807) is 24.3 Å². The number of alkyl halides is 1. The second kappa shape index (κ2) is 10.9. The van der Waals surface area contributed by atoms with Crippen molar-refractivity contribution in [2.24, 2.45) is 0 Å². The van der Waals surface area contributed by atoms with Gasteiger partial charge in [-0.2, -0.15) is 0 Å². The summed E-state index contributed by atoms with van der Waals surface area (Å²) in [6, 6.07) is 24.3. The summed E-state index contributed by atoms with van der Waals surface area (Å²) in [5.41, 5.74) is 4.89. The van der Waals surface area contributed by atoms with Crippen LogP contribution < -0.4 is 4.74 Å². The maximum atomic E-state index is 9.74. The highest BCUT2D eigenvalue weighted by Gasteiger charge is 2.14. The molecular formula is C26H28ClNO2. The van der Waals surface area contributed by atoms with Gasteiger partial charge in [-0.15, -0.1) is 11.6 Å². The Morgan fingerprint density at radius 2 is 1.53 bits per heavy atom. The van der Waals surface area contributed by atoms with Crippen LogP contribution in [0.5, 0.6) is 11.5 Å². The Balaban J connectivity index is 1.91. The lowest BCUT2D eigenvalue weighted by Crippen LogP contribution is -2.19. The topological polar surface area (TPSA) is 32.7 Å². The first-order chi connectivity index (χ1) is 17.0. The molecule has 156 valence electrons. The van der Waals surface area contributed by atoms with Gasteiger partial charge >= 0.3 is 0 Å². The van der Waals surface area contributed by atoms with E-state index in [-0.39, 0.29) is 18.9 Å². The van der Waals surface area contributed by atoms with Gasteiger partial charge in [0.05, 0.1) is 0 Å². The molecule has 0 aliphatic carbocycles. The van der Waals surface area contributed by atoms with Gasteiger partial charge in [-0.05, 0) is 72.5 Å². The number of allylic oxidation sites excluding steroid dienone is 1. The van der Waals surface area contributed by atoms with Crippen LogP contribution in [0, 0.1) is 0 Å². The molecule has 0 atom stereocenters. The summed E-state index contributed by atoms with van der Waals surface area (Å²) in [7, 11) is 0. The largest absolute Gasteiger partial charge is 0.508 e. The molecule has 3 aromatic carbocycles. The van der Waals surface area contributed by atoms with E-state index in [2.05, 4.69) is 0 Å². The fraction of sp³-hybridized carbons (Fsp3) is 0.231. The fourth-order valence-corrected chi connectivity index (χ4v) is 3.45. The Hall–Kier alpha value is -2.75. The normalized spacial score (nSPS) is 15.8. The Morgan fingerprint density at radius 1 is 0.900 bits per heavy atom. The summed E-state index contributed by atoms with van der Waals surface area (Å²) in [5.74, 6) is 1.09. The molecule has 3 rings (SSSR count). The van der Waals surface area contributed by atoms with E-state index >= 15 is 0 Å². The van der Waals surface area contributed by atoms with E-state index < -0.39 is 14.0 Å². The van der Waals surface area contributed by atoms with Crippen molar-refractivity contribution in [3.05, 3.63) is 95.6 Å². The van der Waals surface area contributed by atoms with Crippen LogP contribution in [-0.4, -0.2) is 43.0 Å². The third kappa shape index (κ3) is 5.88. The molecule has 0 heterocycles.